The quantitative estimate of drug-likeness (QED) is 0.138. The van der Waals surface area contributed by atoms with Crippen LogP contribution in [0.4, 0.5) is 5.69 Å². The van der Waals surface area contributed by atoms with Crippen molar-refractivity contribution in [3.8, 4) is 5.75 Å². The fourth-order valence-corrected chi connectivity index (χ4v) is 13.8. The molecule has 0 radical (unpaired) electrons. The monoisotopic (exact) mass is 930 g/mol. The zero-order valence-corrected chi connectivity index (χ0v) is 39.0. The molecule has 338 valence electrons. The Morgan fingerprint density at radius 3 is 2.38 bits per heavy atom. The van der Waals surface area contributed by atoms with E-state index < -0.39 is 51.9 Å². The summed E-state index contributed by atoms with van der Waals surface area (Å²) in [5, 5.41) is 14.3. The minimum absolute atomic E-state index is 0. The Morgan fingerprint density at radius 2 is 1.71 bits per heavy atom. The van der Waals surface area contributed by atoms with Crippen LogP contribution in [0.1, 0.15) is 68.8 Å². The molecule has 6 aliphatic rings. The molecular formula is C48H59BrN4O10. The first-order valence-corrected chi connectivity index (χ1v) is 21.8. The number of rotatable bonds is 9. The first-order valence-electron chi connectivity index (χ1n) is 21.8. The van der Waals surface area contributed by atoms with Gasteiger partial charge in [-0.2, -0.15) is 0 Å². The number of esters is 4. The normalized spacial score (nSPS) is 33.6. The van der Waals surface area contributed by atoms with Gasteiger partial charge >= 0.3 is 23.9 Å². The van der Waals surface area contributed by atoms with E-state index in [2.05, 4.69) is 35.0 Å². The number of hydrogen-bond donors (Lipinski definition) is 2. The number of aromatic nitrogens is 1. The van der Waals surface area contributed by atoms with Gasteiger partial charge < -0.3 is 60.1 Å². The van der Waals surface area contributed by atoms with Gasteiger partial charge in [0.25, 0.3) is 0 Å². The van der Waals surface area contributed by atoms with Gasteiger partial charge in [-0.05, 0) is 55.5 Å². The van der Waals surface area contributed by atoms with Crippen LogP contribution in [0.25, 0.3) is 10.9 Å². The Morgan fingerprint density at radius 1 is 0.968 bits per heavy atom. The van der Waals surface area contributed by atoms with Crippen LogP contribution in [0.5, 0.6) is 5.75 Å². The van der Waals surface area contributed by atoms with Crippen LogP contribution in [0.2, 0.25) is 0 Å². The van der Waals surface area contributed by atoms with Crippen LogP contribution in [-0.2, 0) is 55.5 Å². The molecule has 2 bridgehead atoms. The van der Waals surface area contributed by atoms with Gasteiger partial charge in [-0.1, -0.05) is 50.3 Å². The molecule has 1 aromatic heterocycles. The lowest BCUT2D eigenvalue weighted by Crippen LogP contribution is -3.00. The molecule has 14 nitrogen and oxygen atoms in total. The van der Waals surface area contributed by atoms with Gasteiger partial charge in [0.15, 0.2) is 12.6 Å². The summed E-state index contributed by atoms with van der Waals surface area (Å²) < 4.78 is 29.7. The molecule has 9 atom stereocenters. The Labute approximate surface area is 378 Å². The standard InChI is InChI=1S/C48H59N4O10.BrH/c1-9-29-20-30-23-47(43(55)60-7,39-32(31-14-11-12-15-35(31)49-39)26-52(24-29,25-30)27-38(54)59-6)34-21-33-36(22-37(34)58-5)50(4)41-46(33)17-19-51-18-13-16-45(10-2,40(46)51)42(62-28(3)53)48(41,57)44(56)61-8;/h11-16,20-22,30,40-42,49,57H,9-10,17-19,23-27H2,1-8H3;1H/q+1;/p-1/t30-,40-,41+,42+,45+,46+,47-,48-,52+;/m0./s1. The van der Waals surface area contributed by atoms with Crippen molar-refractivity contribution in [2.45, 2.75) is 87.6 Å². The van der Waals surface area contributed by atoms with E-state index in [1.807, 2.05) is 55.3 Å². The molecule has 2 aromatic carbocycles. The van der Waals surface area contributed by atoms with E-state index in [4.69, 9.17) is 23.7 Å². The lowest BCUT2D eigenvalue weighted by molar-refractivity contribution is -0.934. The number of para-hydroxylation sites is 1. The van der Waals surface area contributed by atoms with Crippen LogP contribution in [0.15, 0.2) is 60.2 Å². The van der Waals surface area contributed by atoms with Gasteiger partial charge in [-0.25, -0.2) is 9.59 Å². The summed E-state index contributed by atoms with van der Waals surface area (Å²) in [6.07, 6.45) is 7.18. The van der Waals surface area contributed by atoms with Crippen LogP contribution in [0, 0.1) is 11.3 Å². The molecule has 2 N–H and O–H groups in total. The number of carbonyl (C=O) groups is 4. The van der Waals surface area contributed by atoms with Crippen molar-refractivity contribution >= 4 is 40.5 Å². The maximum Gasteiger partial charge on any atom is 0.361 e. The molecular weight excluding hydrogens is 872 g/mol. The highest BCUT2D eigenvalue weighted by molar-refractivity contribution is 5.95. The smallest absolute Gasteiger partial charge is 0.361 e. The van der Waals surface area contributed by atoms with E-state index in [1.54, 1.807) is 7.11 Å². The van der Waals surface area contributed by atoms with Crippen LogP contribution in [-0.4, -0.2) is 135 Å². The van der Waals surface area contributed by atoms with Crippen LogP contribution >= 0.6 is 0 Å². The minimum Gasteiger partial charge on any atom is -1.00 e. The highest BCUT2D eigenvalue weighted by atomic mass is 79.9. The number of quaternary nitrogens is 1. The molecule has 1 spiro atoms. The van der Waals surface area contributed by atoms with E-state index in [1.165, 1.54) is 33.8 Å². The van der Waals surface area contributed by atoms with Crippen molar-refractivity contribution in [1.29, 1.82) is 0 Å². The number of carbonyl (C=O) groups excluding carboxylic acids is 4. The Kier molecular flexibility index (Phi) is 11.2. The summed E-state index contributed by atoms with van der Waals surface area (Å²) in [5.74, 6) is -1.99. The molecule has 0 amide bonds. The second-order valence-electron chi connectivity index (χ2n) is 18.6. The van der Waals surface area contributed by atoms with Crippen LogP contribution in [0.3, 0.4) is 0 Å². The van der Waals surface area contributed by atoms with Crippen molar-refractivity contribution in [3.63, 3.8) is 0 Å². The summed E-state index contributed by atoms with van der Waals surface area (Å²) in [6, 6.07) is 10.8. The third kappa shape index (κ3) is 5.97. The lowest BCUT2D eigenvalue weighted by Gasteiger charge is -2.63. The molecule has 0 unspecified atom stereocenters. The first kappa shape index (κ1) is 44.9. The van der Waals surface area contributed by atoms with Crippen molar-refractivity contribution in [3.05, 3.63) is 82.6 Å². The number of methoxy groups -OCH3 is 4. The molecule has 63 heavy (non-hydrogen) atoms. The number of likely N-dealkylation sites (N-methyl/N-ethyl adjacent to an activating group) is 1. The van der Waals surface area contributed by atoms with Gasteiger partial charge in [0.1, 0.15) is 24.3 Å². The Hall–Kier alpha value is -4.70. The highest BCUT2D eigenvalue weighted by Crippen LogP contribution is 2.68. The van der Waals surface area contributed by atoms with Crippen molar-refractivity contribution < 1.29 is 69.4 Å². The number of halogens is 1. The van der Waals surface area contributed by atoms with Crippen molar-refractivity contribution in [1.82, 2.24) is 9.88 Å². The largest absolute Gasteiger partial charge is 1.00 e. The van der Waals surface area contributed by atoms with E-state index in [0.29, 0.717) is 73.5 Å². The van der Waals surface area contributed by atoms with Gasteiger partial charge in [0.05, 0.1) is 41.0 Å². The second kappa shape index (κ2) is 15.8. The summed E-state index contributed by atoms with van der Waals surface area (Å²) in [4.78, 5) is 64.2. The maximum atomic E-state index is 15.4. The topological polar surface area (TPSA) is 157 Å². The fourth-order valence-electron chi connectivity index (χ4n) is 13.8. The van der Waals surface area contributed by atoms with Gasteiger partial charge in [0, 0.05) is 82.8 Å². The highest BCUT2D eigenvalue weighted by Gasteiger charge is 2.80. The Balaban J connectivity index is 0.00000544. The zero-order chi connectivity index (χ0) is 44.1. The minimum atomic E-state index is -2.32. The number of fused-ring (bicyclic) bond motifs is 6. The SMILES string of the molecule is CCC1=C[C@H]2C[C@](C(=O)OC)(c3cc4c(cc3OC)N(C)[C@H]3[C@@](O)(C(=O)OC)[C@H](OC(C)=O)[C@]5(CC)C=CCN6CC[C@]43[C@@H]65)c3[nH]c4ccccc4c3C[N@@+](CC(=O)OC)(C1)C2.[Br-]. The van der Waals surface area contributed by atoms with Crippen molar-refractivity contribution in [2.24, 2.45) is 11.3 Å². The molecule has 1 saturated carbocycles. The predicted molar refractivity (Wildman–Crippen MR) is 229 cm³/mol. The third-order valence-corrected chi connectivity index (χ3v) is 15.8. The average molecular weight is 932 g/mol. The third-order valence-electron chi connectivity index (χ3n) is 15.8. The fraction of sp³-hybridized carbons (Fsp3) is 0.542. The molecule has 9 rings (SSSR count). The van der Waals surface area contributed by atoms with E-state index >= 15 is 4.79 Å². The number of anilines is 1. The molecule has 1 saturated heterocycles. The molecule has 2 fully saturated rings. The van der Waals surface area contributed by atoms with E-state index in [0.717, 1.165) is 34.1 Å². The van der Waals surface area contributed by atoms with E-state index in [9.17, 15) is 19.5 Å². The Bertz CT molecular complexity index is 2450. The van der Waals surface area contributed by atoms with Gasteiger partial charge in [-0.3, -0.25) is 14.5 Å². The lowest BCUT2D eigenvalue weighted by atomic mass is 9.47. The number of hydrogen-bond acceptors (Lipinski definition) is 12. The van der Waals surface area contributed by atoms with Gasteiger partial charge in [-0.15, -0.1) is 0 Å². The molecule has 15 heteroatoms. The number of nitrogens with one attached hydrogen (secondary N) is 1. The number of ether oxygens (including phenoxy) is 5. The van der Waals surface area contributed by atoms with E-state index in [-0.39, 0.29) is 41.5 Å². The van der Waals surface area contributed by atoms with Crippen LogP contribution < -0.4 is 26.6 Å². The number of aromatic amines is 1. The number of aliphatic hydroxyl groups is 1. The number of benzene rings is 2. The summed E-state index contributed by atoms with van der Waals surface area (Å²) >= 11 is 0. The average Bonchev–Trinajstić information content (AvgIpc) is 3.92. The number of H-pyrrole nitrogens is 1. The first-order chi connectivity index (χ1) is 29.7. The number of nitrogens with zero attached hydrogens (tertiary/aromatic N) is 3. The summed E-state index contributed by atoms with van der Waals surface area (Å²) in [6.45, 7) is 8.61. The predicted octanol–water partition coefficient (Wildman–Crippen LogP) is 1.45. The van der Waals surface area contributed by atoms with Gasteiger partial charge in [0.2, 0.25) is 5.60 Å². The molecule has 1 aliphatic carbocycles. The molecule has 6 heterocycles. The molecule has 3 aromatic rings. The second-order valence-corrected chi connectivity index (χ2v) is 18.6. The zero-order valence-electron chi connectivity index (χ0n) is 37.4. The summed E-state index contributed by atoms with van der Waals surface area (Å²) in [5.41, 5.74) is 0.115. The summed E-state index contributed by atoms with van der Waals surface area (Å²) in [7, 11) is 7.54. The maximum absolute atomic E-state index is 15.4. The van der Waals surface area contributed by atoms with Crippen molar-refractivity contribution in [2.75, 3.05) is 73.1 Å². The molecule has 5 aliphatic heterocycles.